The van der Waals surface area contributed by atoms with E-state index >= 15 is 0 Å². The summed E-state index contributed by atoms with van der Waals surface area (Å²) in [7, 11) is -3.38. The maximum absolute atomic E-state index is 12.6. The minimum absolute atomic E-state index is 0.0713. The number of nitrogens with zero attached hydrogens (tertiary/aromatic N) is 2. The Labute approximate surface area is 110 Å². The Morgan fingerprint density at radius 2 is 1.83 bits per heavy atom. The van der Waals surface area contributed by atoms with Crippen molar-refractivity contribution in [2.45, 2.75) is 39.2 Å². The molecule has 2 fully saturated rings. The Morgan fingerprint density at radius 3 is 2.39 bits per heavy atom. The molecule has 2 saturated heterocycles. The van der Waals surface area contributed by atoms with Crippen molar-refractivity contribution in [2.24, 2.45) is 11.8 Å². The van der Waals surface area contributed by atoms with Gasteiger partial charge in [-0.05, 0) is 31.1 Å². The lowest BCUT2D eigenvalue weighted by Crippen LogP contribution is -2.51. The van der Waals surface area contributed by atoms with Gasteiger partial charge in [0.15, 0.2) is 0 Å². The topological polar surface area (TPSA) is 60.9 Å². The zero-order chi connectivity index (χ0) is 13.3. The van der Waals surface area contributed by atoms with Gasteiger partial charge < -0.3 is 5.11 Å². The van der Waals surface area contributed by atoms with Gasteiger partial charge in [0.2, 0.25) is 0 Å². The first-order valence-corrected chi connectivity index (χ1v) is 8.22. The van der Waals surface area contributed by atoms with E-state index in [4.69, 9.17) is 0 Å². The maximum atomic E-state index is 12.6. The second kappa shape index (κ2) is 5.45. The van der Waals surface area contributed by atoms with E-state index in [1.807, 2.05) is 0 Å². The van der Waals surface area contributed by atoms with Gasteiger partial charge in [0.1, 0.15) is 0 Å². The molecule has 0 radical (unpaired) electrons. The largest absolute Gasteiger partial charge is 0.395 e. The van der Waals surface area contributed by atoms with Crippen LogP contribution in [-0.4, -0.2) is 54.4 Å². The Morgan fingerprint density at radius 1 is 1.22 bits per heavy atom. The number of piperidine rings is 1. The van der Waals surface area contributed by atoms with Gasteiger partial charge in [-0.25, -0.2) is 0 Å². The second-order valence-electron chi connectivity index (χ2n) is 5.86. The third-order valence-corrected chi connectivity index (χ3v) is 6.02. The van der Waals surface area contributed by atoms with Crippen LogP contribution in [0.15, 0.2) is 0 Å². The number of hydrogen-bond donors (Lipinski definition) is 1. The molecular weight excluding hydrogens is 252 g/mol. The van der Waals surface area contributed by atoms with E-state index in [1.165, 1.54) is 4.31 Å². The standard InChI is InChI=1S/C12H24N2O3S/c1-10-6-11(2)8-13(7-10)18(16,17)14-5-3-4-12(14)9-15/h10-12,15H,3-9H2,1-2H3. The molecule has 1 N–H and O–H groups in total. The van der Waals surface area contributed by atoms with Crippen LogP contribution in [-0.2, 0) is 10.2 Å². The van der Waals surface area contributed by atoms with Crippen molar-refractivity contribution >= 4 is 10.2 Å². The van der Waals surface area contributed by atoms with Gasteiger partial charge >= 0.3 is 0 Å². The van der Waals surface area contributed by atoms with Gasteiger partial charge in [0.05, 0.1) is 6.61 Å². The number of rotatable bonds is 3. The highest BCUT2D eigenvalue weighted by molar-refractivity contribution is 7.86. The Balaban J connectivity index is 2.15. The van der Waals surface area contributed by atoms with Crippen LogP contribution in [0.5, 0.6) is 0 Å². The second-order valence-corrected chi connectivity index (χ2v) is 7.74. The van der Waals surface area contributed by atoms with E-state index in [9.17, 15) is 13.5 Å². The highest BCUT2D eigenvalue weighted by Gasteiger charge is 2.40. The molecule has 2 aliphatic rings. The highest BCUT2D eigenvalue weighted by Crippen LogP contribution is 2.28. The molecule has 0 aromatic rings. The summed E-state index contributed by atoms with van der Waals surface area (Å²) in [6, 6.07) is -0.220. The monoisotopic (exact) mass is 276 g/mol. The first-order valence-electron chi connectivity index (χ1n) is 6.83. The van der Waals surface area contributed by atoms with Crippen molar-refractivity contribution in [2.75, 3.05) is 26.2 Å². The maximum Gasteiger partial charge on any atom is 0.282 e. The van der Waals surface area contributed by atoms with Crippen LogP contribution in [0.4, 0.5) is 0 Å². The molecule has 2 heterocycles. The summed E-state index contributed by atoms with van der Waals surface area (Å²) in [5.41, 5.74) is 0. The fourth-order valence-corrected chi connectivity index (χ4v) is 5.33. The van der Waals surface area contributed by atoms with Gasteiger partial charge in [-0.2, -0.15) is 17.0 Å². The van der Waals surface area contributed by atoms with E-state index in [1.54, 1.807) is 4.31 Å². The van der Waals surface area contributed by atoms with Gasteiger partial charge in [0, 0.05) is 25.7 Å². The zero-order valence-electron chi connectivity index (χ0n) is 11.2. The summed E-state index contributed by atoms with van der Waals surface area (Å²) in [6.45, 7) is 5.91. The first-order chi connectivity index (χ1) is 8.45. The molecular formula is C12H24N2O3S. The van der Waals surface area contributed by atoms with Crippen LogP contribution in [0, 0.1) is 11.8 Å². The summed E-state index contributed by atoms with van der Waals surface area (Å²) < 4.78 is 28.3. The quantitative estimate of drug-likeness (QED) is 0.824. The third-order valence-electron chi connectivity index (χ3n) is 3.99. The SMILES string of the molecule is CC1CC(C)CN(S(=O)(=O)N2CCCC2CO)C1. The molecule has 3 atom stereocenters. The van der Waals surface area contributed by atoms with Crippen molar-refractivity contribution in [3.63, 3.8) is 0 Å². The number of aliphatic hydroxyl groups excluding tert-OH is 1. The van der Waals surface area contributed by atoms with E-state index in [-0.39, 0.29) is 12.6 Å². The molecule has 0 aliphatic carbocycles. The molecule has 0 amide bonds. The summed E-state index contributed by atoms with van der Waals surface area (Å²) in [4.78, 5) is 0. The van der Waals surface area contributed by atoms with Crippen molar-refractivity contribution in [1.29, 1.82) is 0 Å². The highest BCUT2D eigenvalue weighted by atomic mass is 32.2. The molecule has 6 heteroatoms. The lowest BCUT2D eigenvalue weighted by molar-refractivity contribution is 0.183. The van der Waals surface area contributed by atoms with E-state index in [2.05, 4.69) is 13.8 Å². The number of hydrogen-bond acceptors (Lipinski definition) is 3. The molecule has 2 aliphatic heterocycles. The van der Waals surface area contributed by atoms with E-state index < -0.39 is 10.2 Å². The first kappa shape index (κ1) is 14.2. The Hall–Kier alpha value is -0.170. The predicted molar refractivity (Wildman–Crippen MR) is 70.3 cm³/mol. The van der Waals surface area contributed by atoms with Gasteiger partial charge in [-0.3, -0.25) is 0 Å². The number of aliphatic hydroxyl groups is 1. The molecule has 0 spiro atoms. The summed E-state index contributed by atoms with van der Waals surface area (Å²) >= 11 is 0. The van der Waals surface area contributed by atoms with E-state index in [0.717, 1.165) is 19.3 Å². The van der Waals surface area contributed by atoms with Crippen LogP contribution < -0.4 is 0 Å². The van der Waals surface area contributed by atoms with Crippen molar-refractivity contribution in [3.05, 3.63) is 0 Å². The zero-order valence-corrected chi connectivity index (χ0v) is 12.1. The van der Waals surface area contributed by atoms with E-state index in [0.29, 0.717) is 31.5 Å². The molecule has 2 rings (SSSR count). The summed E-state index contributed by atoms with van der Waals surface area (Å²) in [5, 5.41) is 9.28. The molecule has 18 heavy (non-hydrogen) atoms. The van der Waals surface area contributed by atoms with Crippen LogP contribution in [0.1, 0.15) is 33.1 Å². The summed E-state index contributed by atoms with van der Waals surface area (Å²) in [5.74, 6) is 0.831. The molecule has 0 aromatic heterocycles. The van der Waals surface area contributed by atoms with Crippen LogP contribution in [0.2, 0.25) is 0 Å². The molecule has 0 aromatic carbocycles. The molecule has 0 saturated carbocycles. The van der Waals surface area contributed by atoms with Crippen molar-refractivity contribution in [1.82, 2.24) is 8.61 Å². The van der Waals surface area contributed by atoms with Crippen molar-refractivity contribution in [3.8, 4) is 0 Å². The average Bonchev–Trinajstić information content (AvgIpc) is 2.76. The summed E-state index contributed by atoms with van der Waals surface area (Å²) in [6.07, 6.45) is 2.72. The van der Waals surface area contributed by atoms with Gasteiger partial charge in [0.25, 0.3) is 10.2 Å². The molecule has 5 nitrogen and oxygen atoms in total. The fourth-order valence-electron chi connectivity index (χ4n) is 3.24. The van der Waals surface area contributed by atoms with Crippen molar-refractivity contribution < 1.29 is 13.5 Å². The van der Waals surface area contributed by atoms with Gasteiger partial charge in [-0.1, -0.05) is 13.8 Å². The smallest absolute Gasteiger partial charge is 0.282 e. The third kappa shape index (κ3) is 2.71. The normalized spacial score (nSPS) is 36.1. The molecule has 3 unspecified atom stereocenters. The fraction of sp³-hybridized carbons (Fsp3) is 1.00. The van der Waals surface area contributed by atoms with Crippen LogP contribution in [0.25, 0.3) is 0 Å². The molecule has 106 valence electrons. The predicted octanol–water partition coefficient (Wildman–Crippen LogP) is 0.666. The minimum Gasteiger partial charge on any atom is -0.395 e. The van der Waals surface area contributed by atoms with Gasteiger partial charge in [-0.15, -0.1) is 0 Å². The minimum atomic E-state index is -3.38. The Kier molecular flexibility index (Phi) is 4.31. The molecule has 0 bridgehead atoms. The van der Waals surface area contributed by atoms with Crippen LogP contribution >= 0.6 is 0 Å². The van der Waals surface area contributed by atoms with Crippen LogP contribution in [0.3, 0.4) is 0 Å². The average molecular weight is 276 g/mol. The Bertz CT molecular complexity index is 375. The lowest BCUT2D eigenvalue weighted by Gasteiger charge is -2.37. The lowest BCUT2D eigenvalue weighted by atomic mass is 9.94.